The van der Waals surface area contributed by atoms with E-state index in [1.54, 1.807) is 22.4 Å². The third-order valence-electron chi connectivity index (χ3n) is 5.61. The van der Waals surface area contributed by atoms with E-state index in [4.69, 9.17) is 5.21 Å². The van der Waals surface area contributed by atoms with Crippen molar-refractivity contribution in [1.29, 1.82) is 0 Å². The Labute approximate surface area is 186 Å². The summed E-state index contributed by atoms with van der Waals surface area (Å²) in [5.41, 5.74) is 5.80. The van der Waals surface area contributed by atoms with Crippen LogP contribution in [0.1, 0.15) is 21.6 Å². The van der Waals surface area contributed by atoms with Crippen molar-refractivity contribution in [3.05, 3.63) is 83.7 Å². The lowest BCUT2D eigenvalue weighted by Crippen LogP contribution is -2.49. The van der Waals surface area contributed by atoms with E-state index in [9.17, 15) is 9.59 Å². The summed E-state index contributed by atoms with van der Waals surface area (Å²) in [5, 5.41) is 13.1. The summed E-state index contributed by atoms with van der Waals surface area (Å²) in [6.07, 6.45) is 4.59. The summed E-state index contributed by atoms with van der Waals surface area (Å²) in [7, 11) is 0. The number of hydrogen-bond acceptors (Lipinski definition) is 5. The fraction of sp³-hybridized carbons (Fsp3) is 0.208. The highest BCUT2D eigenvalue weighted by Gasteiger charge is 2.25. The molecule has 2 N–H and O–H groups in total. The van der Waals surface area contributed by atoms with Gasteiger partial charge in [0.05, 0.1) is 23.1 Å². The number of anilines is 1. The van der Waals surface area contributed by atoms with E-state index < -0.39 is 5.91 Å². The number of nitrogens with zero attached hydrogens (tertiary/aromatic N) is 4. The number of piperazine rings is 1. The molecular weight excluding hydrogens is 406 g/mol. The molecule has 0 spiro atoms. The van der Waals surface area contributed by atoms with Crippen molar-refractivity contribution in [1.82, 2.24) is 20.2 Å². The molecule has 0 atom stereocenters. The fourth-order valence-corrected chi connectivity index (χ4v) is 3.89. The van der Waals surface area contributed by atoms with Crippen LogP contribution >= 0.6 is 0 Å². The standard InChI is InChI=1S/C24H25N5O3/c1-18-21(17-25-29(18)20-8-3-2-4-9-20)24(31)28-15-13-27(14-16-28)22-10-6-5-7-19(22)11-12-23(30)26-32/h2-12,17,32H,13-16H2,1H3,(H,26,30)/b12-11+. The van der Waals surface area contributed by atoms with Crippen LogP contribution in [0.3, 0.4) is 0 Å². The smallest absolute Gasteiger partial charge is 0.267 e. The molecule has 8 heteroatoms. The summed E-state index contributed by atoms with van der Waals surface area (Å²) >= 11 is 0. The van der Waals surface area contributed by atoms with Gasteiger partial charge in [-0.1, -0.05) is 36.4 Å². The topological polar surface area (TPSA) is 90.7 Å². The molecule has 2 heterocycles. The highest BCUT2D eigenvalue weighted by atomic mass is 16.5. The number of nitrogens with one attached hydrogen (secondary N) is 1. The minimum absolute atomic E-state index is 0.0165. The van der Waals surface area contributed by atoms with Crippen molar-refractivity contribution < 1.29 is 14.8 Å². The quantitative estimate of drug-likeness (QED) is 0.368. The molecule has 0 radical (unpaired) electrons. The summed E-state index contributed by atoms with van der Waals surface area (Å²) in [4.78, 5) is 28.5. The second-order valence-electron chi connectivity index (χ2n) is 7.54. The number of carbonyl (C=O) groups is 2. The molecule has 8 nitrogen and oxygen atoms in total. The third-order valence-corrected chi connectivity index (χ3v) is 5.61. The van der Waals surface area contributed by atoms with Crippen LogP contribution in [-0.2, 0) is 4.79 Å². The van der Waals surface area contributed by atoms with Gasteiger partial charge in [0.15, 0.2) is 0 Å². The minimum atomic E-state index is -0.582. The Bertz CT molecular complexity index is 1130. The van der Waals surface area contributed by atoms with Crippen molar-refractivity contribution in [3.8, 4) is 5.69 Å². The van der Waals surface area contributed by atoms with E-state index in [1.165, 1.54) is 6.08 Å². The van der Waals surface area contributed by atoms with Crippen molar-refractivity contribution in [2.45, 2.75) is 6.92 Å². The predicted molar refractivity (Wildman–Crippen MR) is 122 cm³/mol. The van der Waals surface area contributed by atoms with Crippen LogP contribution in [0.15, 0.2) is 66.9 Å². The maximum atomic E-state index is 13.2. The molecule has 2 aromatic carbocycles. The highest BCUT2D eigenvalue weighted by molar-refractivity contribution is 5.95. The number of carbonyl (C=O) groups excluding carboxylic acids is 2. The van der Waals surface area contributed by atoms with Crippen LogP contribution in [0.4, 0.5) is 5.69 Å². The first-order valence-corrected chi connectivity index (χ1v) is 10.4. The molecule has 4 rings (SSSR count). The van der Waals surface area contributed by atoms with E-state index in [2.05, 4.69) is 10.00 Å². The lowest BCUT2D eigenvalue weighted by molar-refractivity contribution is -0.124. The molecule has 1 saturated heterocycles. The molecule has 1 aromatic heterocycles. The number of hydroxylamine groups is 1. The second kappa shape index (κ2) is 9.49. The number of aromatic nitrogens is 2. The van der Waals surface area contributed by atoms with E-state index in [0.29, 0.717) is 31.7 Å². The van der Waals surface area contributed by atoms with E-state index in [1.807, 2.05) is 66.4 Å². The van der Waals surface area contributed by atoms with Gasteiger partial charge in [-0.25, -0.2) is 10.2 Å². The third kappa shape index (κ3) is 4.40. The molecule has 0 bridgehead atoms. The average molecular weight is 431 g/mol. The van der Waals surface area contributed by atoms with Crippen molar-refractivity contribution >= 4 is 23.6 Å². The molecule has 1 aliphatic heterocycles. The lowest BCUT2D eigenvalue weighted by atomic mass is 10.1. The molecule has 32 heavy (non-hydrogen) atoms. The van der Waals surface area contributed by atoms with Crippen molar-refractivity contribution in [2.24, 2.45) is 0 Å². The van der Waals surface area contributed by atoms with E-state index >= 15 is 0 Å². The summed E-state index contributed by atoms with van der Waals surface area (Å²) in [5.74, 6) is -0.598. The zero-order chi connectivity index (χ0) is 22.5. The zero-order valence-electron chi connectivity index (χ0n) is 17.8. The summed E-state index contributed by atoms with van der Waals surface area (Å²) in [6.45, 7) is 4.44. The first-order valence-electron chi connectivity index (χ1n) is 10.4. The first kappa shape index (κ1) is 21.3. The van der Waals surface area contributed by atoms with Gasteiger partial charge in [-0.2, -0.15) is 5.10 Å². The average Bonchev–Trinajstić information content (AvgIpc) is 3.24. The van der Waals surface area contributed by atoms with Gasteiger partial charge in [-0.3, -0.25) is 14.8 Å². The predicted octanol–water partition coefficient (Wildman–Crippen LogP) is 2.66. The van der Waals surface area contributed by atoms with Crippen LogP contribution in [0.2, 0.25) is 0 Å². The number of rotatable bonds is 5. The Morgan fingerprint density at radius 1 is 1.00 bits per heavy atom. The number of hydrogen-bond donors (Lipinski definition) is 2. The van der Waals surface area contributed by atoms with Gasteiger partial charge in [0.25, 0.3) is 11.8 Å². The van der Waals surface area contributed by atoms with Gasteiger partial charge in [-0.05, 0) is 36.8 Å². The summed E-state index contributed by atoms with van der Waals surface area (Å²) < 4.78 is 1.79. The van der Waals surface area contributed by atoms with Gasteiger partial charge >= 0.3 is 0 Å². The lowest BCUT2D eigenvalue weighted by Gasteiger charge is -2.36. The molecular formula is C24H25N5O3. The van der Waals surface area contributed by atoms with Crippen LogP contribution in [-0.4, -0.2) is 57.9 Å². The molecule has 3 aromatic rings. The summed E-state index contributed by atoms with van der Waals surface area (Å²) in [6, 6.07) is 17.5. The number of amides is 2. The Morgan fingerprint density at radius 2 is 1.69 bits per heavy atom. The van der Waals surface area contributed by atoms with Crippen LogP contribution in [0.5, 0.6) is 0 Å². The number of para-hydroxylation sites is 2. The molecule has 0 aliphatic carbocycles. The maximum Gasteiger partial charge on any atom is 0.267 e. The normalized spacial score (nSPS) is 14.1. The Morgan fingerprint density at radius 3 is 2.41 bits per heavy atom. The van der Waals surface area contributed by atoms with E-state index in [-0.39, 0.29) is 5.91 Å². The Balaban J connectivity index is 1.45. The highest BCUT2D eigenvalue weighted by Crippen LogP contribution is 2.24. The fourth-order valence-electron chi connectivity index (χ4n) is 3.89. The molecule has 1 aliphatic rings. The van der Waals surface area contributed by atoms with Gasteiger partial charge < -0.3 is 9.80 Å². The monoisotopic (exact) mass is 431 g/mol. The molecule has 0 unspecified atom stereocenters. The largest absolute Gasteiger partial charge is 0.367 e. The number of benzene rings is 2. The Kier molecular flexibility index (Phi) is 6.32. The SMILES string of the molecule is Cc1c(C(=O)N2CCN(c3ccccc3/C=C/C(=O)NO)CC2)cnn1-c1ccccc1. The molecule has 0 saturated carbocycles. The van der Waals surface area contributed by atoms with Gasteiger partial charge in [0.1, 0.15) is 0 Å². The first-order chi connectivity index (χ1) is 15.6. The molecule has 2 amide bonds. The second-order valence-corrected chi connectivity index (χ2v) is 7.54. The van der Waals surface area contributed by atoms with E-state index in [0.717, 1.165) is 22.6 Å². The van der Waals surface area contributed by atoms with Crippen molar-refractivity contribution in [3.63, 3.8) is 0 Å². The van der Waals surface area contributed by atoms with Crippen LogP contribution in [0.25, 0.3) is 11.8 Å². The van der Waals surface area contributed by atoms with Gasteiger partial charge in [0.2, 0.25) is 0 Å². The molecule has 1 fully saturated rings. The van der Waals surface area contributed by atoms with Crippen molar-refractivity contribution in [2.75, 3.05) is 31.1 Å². The Hall–Kier alpha value is -3.91. The maximum absolute atomic E-state index is 13.2. The zero-order valence-corrected chi connectivity index (χ0v) is 17.8. The van der Waals surface area contributed by atoms with Crippen LogP contribution in [0, 0.1) is 6.92 Å². The van der Waals surface area contributed by atoms with Gasteiger partial charge in [-0.15, -0.1) is 0 Å². The molecule has 164 valence electrons. The van der Waals surface area contributed by atoms with Gasteiger partial charge in [0, 0.05) is 37.9 Å². The van der Waals surface area contributed by atoms with Crippen LogP contribution < -0.4 is 10.4 Å². The minimum Gasteiger partial charge on any atom is -0.367 e.